The van der Waals surface area contributed by atoms with Crippen LogP contribution in [0.2, 0.25) is 0 Å². The number of carbonyl (C=O) groups is 2. The molecule has 0 bridgehead atoms. The molecule has 5 nitrogen and oxygen atoms in total. The summed E-state index contributed by atoms with van der Waals surface area (Å²) in [5.74, 6) is 0.298. The van der Waals surface area contributed by atoms with Gasteiger partial charge in [-0.1, -0.05) is 37.3 Å². The van der Waals surface area contributed by atoms with Crippen molar-refractivity contribution in [2.75, 3.05) is 5.32 Å². The summed E-state index contributed by atoms with van der Waals surface area (Å²) in [7, 11) is 0. The summed E-state index contributed by atoms with van der Waals surface area (Å²) in [4.78, 5) is 25.0. The predicted molar refractivity (Wildman–Crippen MR) is 96.9 cm³/mol. The van der Waals surface area contributed by atoms with Crippen molar-refractivity contribution in [1.82, 2.24) is 5.32 Å². The topological polar surface area (TPSA) is 67.4 Å². The average Bonchev–Trinajstić information content (AvgIpc) is 3.06. The van der Waals surface area contributed by atoms with Crippen LogP contribution in [0.25, 0.3) is 0 Å². The minimum Gasteiger partial charge on any atom is -0.480 e. The fourth-order valence-corrected chi connectivity index (χ4v) is 2.74. The maximum Gasteiger partial charge on any atom is 0.265 e. The van der Waals surface area contributed by atoms with Gasteiger partial charge in [0.25, 0.3) is 11.8 Å². The highest BCUT2D eigenvalue weighted by Gasteiger charge is 2.29. The smallest absolute Gasteiger partial charge is 0.265 e. The molecule has 0 aliphatic carbocycles. The van der Waals surface area contributed by atoms with Gasteiger partial charge in [0.1, 0.15) is 5.75 Å². The minimum atomic E-state index is -0.580. The van der Waals surface area contributed by atoms with Gasteiger partial charge in [-0.05, 0) is 37.1 Å². The zero-order valence-corrected chi connectivity index (χ0v) is 14.4. The van der Waals surface area contributed by atoms with Gasteiger partial charge in [-0.25, -0.2) is 0 Å². The Balaban J connectivity index is 1.71. The lowest BCUT2D eigenvalue weighted by Crippen LogP contribution is -2.34. The molecule has 1 aliphatic rings. The van der Waals surface area contributed by atoms with Crippen molar-refractivity contribution in [2.45, 2.75) is 38.8 Å². The molecule has 0 spiro atoms. The molecule has 0 saturated heterocycles. The van der Waals surface area contributed by atoms with Crippen LogP contribution in [-0.4, -0.2) is 24.0 Å². The fraction of sp³-hybridized carbons (Fsp3) is 0.300. The molecule has 130 valence electrons. The Morgan fingerprint density at radius 1 is 1.16 bits per heavy atom. The summed E-state index contributed by atoms with van der Waals surface area (Å²) >= 11 is 0. The maximum absolute atomic E-state index is 12.6. The molecule has 2 N–H and O–H groups in total. The number of benzene rings is 2. The molecule has 2 aromatic carbocycles. The van der Waals surface area contributed by atoms with E-state index in [0.29, 0.717) is 17.7 Å². The Morgan fingerprint density at radius 3 is 2.64 bits per heavy atom. The largest absolute Gasteiger partial charge is 0.480 e. The highest BCUT2D eigenvalue weighted by molar-refractivity contribution is 6.05. The zero-order valence-electron chi connectivity index (χ0n) is 14.4. The first-order valence-corrected chi connectivity index (χ1v) is 8.53. The molecule has 1 heterocycles. The van der Waals surface area contributed by atoms with Crippen LogP contribution in [-0.2, 0) is 11.2 Å². The zero-order chi connectivity index (χ0) is 17.8. The Hall–Kier alpha value is -2.82. The number of anilines is 1. The summed E-state index contributed by atoms with van der Waals surface area (Å²) in [6.45, 7) is 3.95. The van der Waals surface area contributed by atoms with Gasteiger partial charge in [-0.15, -0.1) is 0 Å². The first kappa shape index (κ1) is 17.0. The van der Waals surface area contributed by atoms with Crippen LogP contribution in [0, 0.1) is 0 Å². The number of ether oxygens (including phenoxy) is 1. The molecule has 3 rings (SSSR count). The van der Waals surface area contributed by atoms with Crippen molar-refractivity contribution < 1.29 is 14.3 Å². The first-order valence-electron chi connectivity index (χ1n) is 8.53. The number of para-hydroxylation sites is 2. The van der Waals surface area contributed by atoms with Crippen molar-refractivity contribution in [3.63, 3.8) is 0 Å². The van der Waals surface area contributed by atoms with E-state index in [2.05, 4.69) is 10.6 Å². The van der Waals surface area contributed by atoms with Crippen molar-refractivity contribution >= 4 is 17.5 Å². The SMILES string of the molecule is CC[C@@H](C)NC(=O)c1ccccc1NC(=O)[C@@H]1Cc2ccccc2O1. The van der Waals surface area contributed by atoms with Crippen molar-refractivity contribution in [3.8, 4) is 5.75 Å². The third kappa shape index (κ3) is 3.82. The van der Waals surface area contributed by atoms with Gasteiger partial charge < -0.3 is 15.4 Å². The van der Waals surface area contributed by atoms with E-state index in [4.69, 9.17) is 4.74 Å². The van der Waals surface area contributed by atoms with Crippen LogP contribution in [0.3, 0.4) is 0 Å². The normalized spacial score (nSPS) is 16.5. The van der Waals surface area contributed by atoms with Crippen LogP contribution in [0.1, 0.15) is 36.2 Å². The molecular formula is C20H22N2O3. The Labute approximate surface area is 147 Å². The summed E-state index contributed by atoms with van der Waals surface area (Å²) in [5, 5.41) is 5.76. The summed E-state index contributed by atoms with van der Waals surface area (Å²) < 4.78 is 5.71. The third-order valence-corrected chi connectivity index (χ3v) is 4.36. The minimum absolute atomic E-state index is 0.0731. The Bertz CT molecular complexity index is 763. The van der Waals surface area contributed by atoms with Gasteiger partial charge in [0.05, 0.1) is 11.3 Å². The summed E-state index contributed by atoms with van der Waals surface area (Å²) in [6, 6.07) is 14.7. The van der Waals surface area contributed by atoms with E-state index in [-0.39, 0.29) is 17.9 Å². The molecule has 25 heavy (non-hydrogen) atoms. The van der Waals surface area contributed by atoms with Gasteiger partial charge >= 0.3 is 0 Å². The van der Waals surface area contributed by atoms with Crippen LogP contribution < -0.4 is 15.4 Å². The van der Waals surface area contributed by atoms with E-state index in [1.165, 1.54) is 0 Å². The second-order valence-corrected chi connectivity index (χ2v) is 6.24. The maximum atomic E-state index is 12.6. The van der Waals surface area contributed by atoms with E-state index in [1.54, 1.807) is 24.3 Å². The van der Waals surface area contributed by atoms with E-state index < -0.39 is 6.10 Å². The van der Waals surface area contributed by atoms with E-state index >= 15 is 0 Å². The van der Waals surface area contributed by atoms with Gasteiger partial charge in [-0.3, -0.25) is 9.59 Å². The molecule has 5 heteroatoms. The van der Waals surface area contributed by atoms with Crippen LogP contribution >= 0.6 is 0 Å². The van der Waals surface area contributed by atoms with Crippen LogP contribution in [0.4, 0.5) is 5.69 Å². The third-order valence-electron chi connectivity index (χ3n) is 4.36. The molecule has 1 aliphatic heterocycles. The van der Waals surface area contributed by atoms with Gasteiger partial charge in [0.2, 0.25) is 0 Å². The molecule has 2 amide bonds. The lowest BCUT2D eigenvalue weighted by molar-refractivity contribution is -0.122. The van der Waals surface area contributed by atoms with Crippen molar-refractivity contribution in [1.29, 1.82) is 0 Å². The van der Waals surface area contributed by atoms with E-state index in [9.17, 15) is 9.59 Å². The number of hydrogen-bond acceptors (Lipinski definition) is 3. The lowest BCUT2D eigenvalue weighted by Gasteiger charge is -2.16. The number of carbonyl (C=O) groups excluding carboxylic acids is 2. The molecule has 0 saturated carbocycles. The average molecular weight is 338 g/mol. The van der Waals surface area contributed by atoms with Crippen molar-refractivity contribution in [3.05, 3.63) is 59.7 Å². The standard InChI is InChI=1S/C20H22N2O3/c1-3-13(2)21-19(23)15-9-5-6-10-16(15)22-20(24)18-12-14-8-4-7-11-17(14)25-18/h4-11,13,18H,3,12H2,1-2H3,(H,21,23)(H,22,24)/t13-,18+/m1/s1. The highest BCUT2D eigenvalue weighted by atomic mass is 16.5. The molecule has 0 radical (unpaired) electrons. The number of amides is 2. The highest BCUT2D eigenvalue weighted by Crippen LogP contribution is 2.29. The van der Waals surface area contributed by atoms with E-state index in [0.717, 1.165) is 17.7 Å². The van der Waals surface area contributed by atoms with Gasteiger partial charge in [0, 0.05) is 12.5 Å². The monoisotopic (exact) mass is 338 g/mol. The van der Waals surface area contributed by atoms with Crippen LogP contribution in [0.15, 0.2) is 48.5 Å². The first-order chi connectivity index (χ1) is 12.1. The van der Waals surface area contributed by atoms with Crippen molar-refractivity contribution in [2.24, 2.45) is 0 Å². The number of nitrogens with one attached hydrogen (secondary N) is 2. The molecule has 0 fully saturated rings. The number of rotatable bonds is 5. The van der Waals surface area contributed by atoms with Gasteiger partial charge in [-0.2, -0.15) is 0 Å². The fourth-order valence-electron chi connectivity index (χ4n) is 2.74. The van der Waals surface area contributed by atoms with Crippen LogP contribution in [0.5, 0.6) is 5.75 Å². The quantitative estimate of drug-likeness (QED) is 0.880. The second kappa shape index (κ2) is 7.38. The molecule has 0 aromatic heterocycles. The molecule has 2 atom stereocenters. The number of fused-ring (bicyclic) bond motifs is 1. The molecule has 0 unspecified atom stereocenters. The lowest BCUT2D eigenvalue weighted by atomic mass is 10.1. The Morgan fingerprint density at radius 2 is 1.88 bits per heavy atom. The Kier molecular flexibility index (Phi) is 5.03. The molecule has 2 aromatic rings. The number of hydrogen-bond donors (Lipinski definition) is 2. The summed E-state index contributed by atoms with van der Waals surface area (Å²) in [6.07, 6.45) is 0.792. The summed E-state index contributed by atoms with van der Waals surface area (Å²) in [5.41, 5.74) is 1.96. The van der Waals surface area contributed by atoms with E-state index in [1.807, 2.05) is 38.1 Å². The predicted octanol–water partition coefficient (Wildman–Crippen LogP) is 3.16. The second-order valence-electron chi connectivity index (χ2n) is 6.24. The molecular weight excluding hydrogens is 316 g/mol. The van der Waals surface area contributed by atoms with Gasteiger partial charge in [0.15, 0.2) is 6.10 Å².